The fourth-order valence-electron chi connectivity index (χ4n) is 3.81. The number of nitrogens with two attached hydrogens (primary N) is 1. The summed E-state index contributed by atoms with van der Waals surface area (Å²) in [6, 6.07) is 9.31. The average molecular weight is 287 g/mol. The maximum Gasteiger partial charge on any atom is 0.0369 e. The maximum atomic E-state index is 6.29. The number of benzene rings is 1. The largest absolute Gasteiger partial charge is 0.369 e. The van der Waals surface area contributed by atoms with Gasteiger partial charge in [0.25, 0.3) is 0 Å². The van der Waals surface area contributed by atoms with E-state index in [-0.39, 0.29) is 0 Å². The molecule has 116 valence electrons. The van der Waals surface area contributed by atoms with Gasteiger partial charge in [0.1, 0.15) is 0 Å². The second-order valence-corrected chi connectivity index (χ2v) is 6.84. The maximum absolute atomic E-state index is 6.29. The highest BCUT2D eigenvalue weighted by Crippen LogP contribution is 2.25. The van der Waals surface area contributed by atoms with Gasteiger partial charge < -0.3 is 10.6 Å². The third kappa shape index (κ3) is 3.78. The standard InChI is InChI=1S/C18H29N3/c1-15-5-4-7-17(13-15)21-11-9-20(10-12-21)14-16-6-2-3-8-18(16)19/h4-5,7,13,16,18H,2-3,6,8-12,14,19H2,1H3. The molecule has 3 nitrogen and oxygen atoms in total. The zero-order chi connectivity index (χ0) is 14.7. The summed E-state index contributed by atoms with van der Waals surface area (Å²) < 4.78 is 0. The predicted octanol–water partition coefficient (Wildman–Crippen LogP) is 2.63. The third-order valence-corrected chi connectivity index (χ3v) is 5.20. The van der Waals surface area contributed by atoms with Crippen molar-refractivity contribution >= 4 is 5.69 Å². The second-order valence-electron chi connectivity index (χ2n) is 6.84. The lowest BCUT2D eigenvalue weighted by molar-refractivity contribution is 0.177. The van der Waals surface area contributed by atoms with E-state index in [9.17, 15) is 0 Å². The summed E-state index contributed by atoms with van der Waals surface area (Å²) in [5, 5.41) is 0. The van der Waals surface area contributed by atoms with E-state index >= 15 is 0 Å². The van der Waals surface area contributed by atoms with Crippen molar-refractivity contribution in [1.29, 1.82) is 0 Å². The first kappa shape index (κ1) is 14.9. The van der Waals surface area contributed by atoms with Crippen LogP contribution in [0.15, 0.2) is 24.3 Å². The fourth-order valence-corrected chi connectivity index (χ4v) is 3.81. The summed E-state index contributed by atoms with van der Waals surface area (Å²) in [7, 11) is 0. The van der Waals surface area contributed by atoms with Crippen LogP contribution in [-0.2, 0) is 0 Å². The van der Waals surface area contributed by atoms with Crippen molar-refractivity contribution in [2.75, 3.05) is 37.6 Å². The molecule has 1 aromatic rings. The van der Waals surface area contributed by atoms with Crippen molar-refractivity contribution in [2.24, 2.45) is 11.7 Å². The van der Waals surface area contributed by atoms with Gasteiger partial charge >= 0.3 is 0 Å². The lowest BCUT2D eigenvalue weighted by atomic mass is 9.84. The Morgan fingerprint density at radius 3 is 2.57 bits per heavy atom. The third-order valence-electron chi connectivity index (χ3n) is 5.20. The van der Waals surface area contributed by atoms with Crippen molar-refractivity contribution in [2.45, 2.75) is 38.6 Å². The molecule has 1 saturated carbocycles. The van der Waals surface area contributed by atoms with Gasteiger partial charge in [-0.2, -0.15) is 0 Å². The van der Waals surface area contributed by atoms with Gasteiger partial charge in [0.2, 0.25) is 0 Å². The lowest BCUT2D eigenvalue weighted by Gasteiger charge is -2.39. The first-order chi connectivity index (χ1) is 10.2. The summed E-state index contributed by atoms with van der Waals surface area (Å²) in [6.07, 6.45) is 5.27. The highest BCUT2D eigenvalue weighted by atomic mass is 15.3. The zero-order valence-electron chi connectivity index (χ0n) is 13.3. The Hall–Kier alpha value is -1.06. The molecule has 2 unspecified atom stereocenters. The van der Waals surface area contributed by atoms with Crippen LogP contribution < -0.4 is 10.6 Å². The number of anilines is 1. The van der Waals surface area contributed by atoms with E-state index in [0.29, 0.717) is 6.04 Å². The SMILES string of the molecule is Cc1cccc(N2CCN(CC3CCCCC3N)CC2)c1. The number of nitrogens with zero attached hydrogens (tertiary/aromatic N) is 2. The molecular formula is C18H29N3. The normalized spacial score (nSPS) is 27.8. The fraction of sp³-hybridized carbons (Fsp3) is 0.667. The van der Waals surface area contributed by atoms with Gasteiger partial charge in [-0.05, 0) is 43.4 Å². The molecule has 2 aliphatic rings. The van der Waals surface area contributed by atoms with Crippen molar-refractivity contribution in [1.82, 2.24) is 4.90 Å². The first-order valence-corrected chi connectivity index (χ1v) is 8.52. The van der Waals surface area contributed by atoms with Crippen LogP contribution in [0.25, 0.3) is 0 Å². The molecule has 3 rings (SSSR count). The monoisotopic (exact) mass is 287 g/mol. The lowest BCUT2D eigenvalue weighted by Crippen LogP contribution is -2.50. The second kappa shape index (κ2) is 6.80. The summed E-state index contributed by atoms with van der Waals surface area (Å²) in [6.45, 7) is 8.03. The molecule has 2 fully saturated rings. The van der Waals surface area contributed by atoms with Gasteiger partial charge in [-0.15, -0.1) is 0 Å². The summed E-state index contributed by atoms with van der Waals surface area (Å²) in [4.78, 5) is 5.15. The van der Waals surface area contributed by atoms with Gasteiger partial charge in [-0.3, -0.25) is 4.90 Å². The van der Waals surface area contributed by atoms with Crippen LogP contribution in [0.1, 0.15) is 31.2 Å². The molecule has 21 heavy (non-hydrogen) atoms. The molecule has 2 N–H and O–H groups in total. The van der Waals surface area contributed by atoms with E-state index in [4.69, 9.17) is 5.73 Å². The Balaban J connectivity index is 1.51. The topological polar surface area (TPSA) is 32.5 Å². The number of aryl methyl sites for hydroxylation is 1. The smallest absolute Gasteiger partial charge is 0.0369 e. The van der Waals surface area contributed by atoms with E-state index in [1.807, 2.05) is 0 Å². The van der Waals surface area contributed by atoms with Crippen molar-refractivity contribution < 1.29 is 0 Å². The molecular weight excluding hydrogens is 258 g/mol. The van der Waals surface area contributed by atoms with Crippen molar-refractivity contribution in [3.63, 3.8) is 0 Å². The zero-order valence-corrected chi connectivity index (χ0v) is 13.3. The highest BCUT2D eigenvalue weighted by molar-refractivity contribution is 5.48. The van der Waals surface area contributed by atoms with Crippen LogP contribution in [0, 0.1) is 12.8 Å². The van der Waals surface area contributed by atoms with Gasteiger partial charge in [-0.25, -0.2) is 0 Å². The molecule has 1 aliphatic heterocycles. The van der Waals surface area contributed by atoms with Crippen LogP contribution in [0.5, 0.6) is 0 Å². The van der Waals surface area contributed by atoms with Crippen LogP contribution in [0.3, 0.4) is 0 Å². The highest BCUT2D eigenvalue weighted by Gasteiger charge is 2.26. The van der Waals surface area contributed by atoms with Crippen LogP contribution in [-0.4, -0.2) is 43.7 Å². The Labute approximate surface area is 129 Å². The molecule has 3 heteroatoms. The van der Waals surface area contributed by atoms with E-state index in [0.717, 1.165) is 19.0 Å². The Morgan fingerprint density at radius 2 is 1.86 bits per heavy atom. The molecule has 1 aliphatic carbocycles. The molecule has 1 aromatic carbocycles. The molecule has 0 radical (unpaired) electrons. The van der Waals surface area contributed by atoms with Crippen LogP contribution in [0.4, 0.5) is 5.69 Å². The quantitative estimate of drug-likeness (QED) is 0.927. The van der Waals surface area contributed by atoms with Crippen LogP contribution >= 0.6 is 0 Å². The molecule has 0 amide bonds. The number of hydrogen-bond acceptors (Lipinski definition) is 3. The number of rotatable bonds is 3. The Bertz CT molecular complexity index is 452. The van der Waals surface area contributed by atoms with Crippen molar-refractivity contribution in [3.8, 4) is 0 Å². The Kier molecular flexibility index (Phi) is 4.81. The minimum absolute atomic E-state index is 0.438. The minimum atomic E-state index is 0.438. The molecule has 1 heterocycles. The summed E-state index contributed by atoms with van der Waals surface area (Å²) in [5.41, 5.74) is 9.02. The molecule has 0 spiro atoms. The minimum Gasteiger partial charge on any atom is -0.369 e. The number of hydrogen-bond donors (Lipinski definition) is 1. The van der Waals surface area contributed by atoms with E-state index in [1.165, 1.54) is 56.6 Å². The average Bonchev–Trinajstić information content (AvgIpc) is 2.50. The van der Waals surface area contributed by atoms with Crippen molar-refractivity contribution in [3.05, 3.63) is 29.8 Å². The summed E-state index contributed by atoms with van der Waals surface area (Å²) in [5.74, 6) is 0.726. The predicted molar refractivity (Wildman–Crippen MR) is 89.8 cm³/mol. The van der Waals surface area contributed by atoms with Gasteiger partial charge in [-0.1, -0.05) is 25.0 Å². The molecule has 1 saturated heterocycles. The summed E-state index contributed by atoms with van der Waals surface area (Å²) >= 11 is 0. The Morgan fingerprint density at radius 1 is 1.10 bits per heavy atom. The van der Waals surface area contributed by atoms with E-state index in [1.54, 1.807) is 0 Å². The number of piperazine rings is 1. The van der Waals surface area contributed by atoms with E-state index in [2.05, 4.69) is 41.0 Å². The van der Waals surface area contributed by atoms with Gasteiger partial charge in [0.15, 0.2) is 0 Å². The molecule has 0 aromatic heterocycles. The molecule has 0 bridgehead atoms. The van der Waals surface area contributed by atoms with Gasteiger partial charge in [0, 0.05) is 44.5 Å². The van der Waals surface area contributed by atoms with Crippen LogP contribution in [0.2, 0.25) is 0 Å². The van der Waals surface area contributed by atoms with Gasteiger partial charge in [0.05, 0.1) is 0 Å². The molecule has 2 atom stereocenters. The van der Waals surface area contributed by atoms with E-state index < -0.39 is 0 Å². The first-order valence-electron chi connectivity index (χ1n) is 8.52.